The lowest BCUT2D eigenvalue weighted by Crippen LogP contribution is -2.40. The molecule has 2 rings (SSSR count). The van der Waals surface area contributed by atoms with E-state index in [0.29, 0.717) is 24.5 Å². The topological polar surface area (TPSA) is 50.2 Å². The molecule has 2 amide bonds. The van der Waals surface area contributed by atoms with E-state index in [2.05, 4.69) is 10.3 Å². The maximum absolute atomic E-state index is 12.9. The molecular weight excluding hydrogens is 345 g/mol. The fourth-order valence-electron chi connectivity index (χ4n) is 2.52. The number of hydrogen-bond acceptors (Lipinski definition) is 2. The van der Waals surface area contributed by atoms with Crippen LogP contribution in [-0.4, -0.2) is 33.6 Å². The number of alkyl halides is 3. The highest BCUT2D eigenvalue weighted by Crippen LogP contribution is 2.29. The van der Waals surface area contributed by atoms with Gasteiger partial charge in [-0.15, -0.1) is 0 Å². The Balaban J connectivity index is 2.12. The number of aromatic nitrogens is 2. The largest absolute Gasteiger partial charge is 0.416 e. The number of halogens is 3. The van der Waals surface area contributed by atoms with E-state index >= 15 is 0 Å². The molecule has 2 aromatic rings. The minimum atomic E-state index is -4.37. The van der Waals surface area contributed by atoms with E-state index in [0.717, 1.165) is 18.6 Å². The summed E-state index contributed by atoms with van der Waals surface area (Å²) in [5, 5.41) is 2.81. The SMILES string of the molecule is CCCNC(=O)N(CC)Cc1nccn1Cc1cccc(C(F)(F)F)c1. The average Bonchev–Trinajstić information content (AvgIpc) is 3.03. The first kappa shape index (κ1) is 19.8. The predicted octanol–water partition coefficient (Wildman–Crippen LogP) is 3.89. The first-order valence-corrected chi connectivity index (χ1v) is 8.54. The molecule has 0 saturated heterocycles. The zero-order chi connectivity index (χ0) is 19.2. The molecule has 1 heterocycles. The number of nitrogens with one attached hydrogen (secondary N) is 1. The van der Waals surface area contributed by atoms with E-state index in [1.807, 2.05) is 13.8 Å². The molecule has 0 aliphatic heterocycles. The van der Waals surface area contributed by atoms with Crippen molar-refractivity contribution in [3.05, 3.63) is 53.6 Å². The van der Waals surface area contributed by atoms with E-state index in [1.54, 1.807) is 27.9 Å². The molecule has 0 unspecified atom stereocenters. The van der Waals surface area contributed by atoms with Crippen LogP contribution in [0.15, 0.2) is 36.7 Å². The summed E-state index contributed by atoms with van der Waals surface area (Å²) in [7, 11) is 0. The summed E-state index contributed by atoms with van der Waals surface area (Å²) in [5.74, 6) is 0.621. The van der Waals surface area contributed by atoms with Gasteiger partial charge >= 0.3 is 12.2 Å². The van der Waals surface area contributed by atoms with Crippen molar-refractivity contribution in [1.29, 1.82) is 0 Å². The van der Waals surface area contributed by atoms with Gasteiger partial charge in [0, 0.05) is 32.0 Å². The van der Waals surface area contributed by atoms with Gasteiger partial charge in [0.05, 0.1) is 12.1 Å². The molecule has 1 N–H and O–H groups in total. The second kappa shape index (κ2) is 8.73. The summed E-state index contributed by atoms with van der Waals surface area (Å²) in [6.45, 7) is 5.48. The number of imidazole rings is 1. The van der Waals surface area contributed by atoms with Crippen molar-refractivity contribution < 1.29 is 18.0 Å². The molecule has 1 aromatic carbocycles. The highest BCUT2D eigenvalue weighted by molar-refractivity contribution is 5.73. The number of carbonyl (C=O) groups is 1. The van der Waals surface area contributed by atoms with Gasteiger partial charge in [0.25, 0.3) is 0 Å². The van der Waals surface area contributed by atoms with Gasteiger partial charge in [0.2, 0.25) is 0 Å². The number of nitrogens with zero attached hydrogens (tertiary/aromatic N) is 3. The summed E-state index contributed by atoms with van der Waals surface area (Å²) in [6, 6.07) is 5.04. The van der Waals surface area contributed by atoms with Crippen LogP contribution in [0.4, 0.5) is 18.0 Å². The first-order valence-electron chi connectivity index (χ1n) is 8.54. The summed E-state index contributed by atoms with van der Waals surface area (Å²) in [4.78, 5) is 18.0. The monoisotopic (exact) mass is 368 g/mol. The Bertz CT molecular complexity index is 727. The van der Waals surface area contributed by atoms with Crippen LogP contribution in [-0.2, 0) is 19.3 Å². The van der Waals surface area contributed by atoms with Gasteiger partial charge in [-0.05, 0) is 31.0 Å². The smallest absolute Gasteiger partial charge is 0.338 e. The second-order valence-corrected chi connectivity index (χ2v) is 5.92. The van der Waals surface area contributed by atoms with Gasteiger partial charge in [-0.3, -0.25) is 0 Å². The van der Waals surface area contributed by atoms with E-state index in [9.17, 15) is 18.0 Å². The van der Waals surface area contributed by atoms with Gasteiger partial charge < -0.3 is 14.8 Å². The third kappa shape index (κ3) is 5.24. The first-order chi connectivity index (χ1) is 12.3. The molecule has 0 saturated carbocycles. The van der Waals surface area contributed by atoms with Crippen LogP contribution in [0.5, 0.6) is 0 Å². The quantitative estimate of drug-likeness (QED) is 0.806. The number of carbonyl (C=O) groups excluding carboxylic acids is 1. The predicted molar refractivity (Wildman–Crippen MR) is 92.5 cm³/mol. The Labute approximate surface area is 150 Å². The van der Waals surface area contributed by atoms with Crippen LogP contribution in [0.2, 0.25) is 0 Å². The lowest BCUT2D eigenvalue weighted by atomic mass is 10.1. The molecule has 0 atom stereocenters. The van der Waals surface area contributed by atoms with E-state index in [-0.39, 0.29) is 19.1 Å². The Hall–Kier alpha value is -2.51. The van der Waals surface area contributed by atoms with E-state index in [1.165, 1.54) is 6.07 Å². The maximum atomic E-state index is 12.9. The van der Waals surface area contributed by atoms with Crippen molar-refractivity contribution in [2.24, 2.45) is 0 Å². The minimum Gasteiger partial charge on any atom is -0.338 e. The molecule has 5 nitrogen and oxygen atoms in total. The molecule has 26 heavy (non-hydrogen) atoms. The van der Waals surface area contributed by atoms with Gasteiger partial charge in [-0.1, -0.05) is 19.1 Å². The summed E-state index contributed by atoms with van der Waals surface area (Å²) >= 11 is 0. The molecule has 0 spiro atoms. The zero-order valence-electron chi connectivity index (χ0n) is 14.9. The van der Waals surface area contributed by atoms with Crippen LogP contribution >= 0.6 is 0 Å². The molecular formula is C18H23F3N4O. The average molecular weight is 368 g/mol. The Morgan fingerprint density at radius 1 is 1.31 bits per heavy atom. The molecule has 8 heteroatoms. The molecule has 1 aromatic heterocycles. The second-order valence-electron chi connectivity index (χ2n) is 5.92. The van der Waals surface area contributed by atoms with Crippen molar-refractivity contribution in [2.45, 2.75) is 39.5 Å². The van der Waals surface area contributed by atoms with Crippen molar-refractivity contribution >= 4 is 6.03 Å². The van der Waals surface area contributed by atoms with Crippen LogP contribution < -0.4 is 5.32 Å². The van der Waals surface area contributed by atoms with Crippen LogP contribution in [0.3, 0.4) is 0 Å². The summed E-state index contributed by atoms with van der Waals surface area (Å²) in [6.07, 6.45) is -0.244. The standard InChI is InChI=1S/C18H23F3N4O/c1-3-8-23-17(26)24(4-2)13-16-22-9-10-25(16)12-14-6-5-7-15(11-14)18(19,20)21/h5-7,9-11H,3-4,8,12-13H2,1-2H3,(H,23,26). The van der Waals surface area contributed by atoms with Crippen LogP contribution in [0.1, 0.15) is 37.2 Å². The van der Waals surface area contributed by atoms with Crippen LogP contribution in [0.25, 0.3) is 0 Å². The third-order valence-electron chi connectivity index (χ3n) is 3.94. The lowest BCUT2D eigenvalue weighted by Gasteiger charge is -2.21. The fourth-order valence-corrected chi connectivity index (χ4v) is 2.52. The van der Waals surface area contributed by atoms with Gasteiger partial charge in [-0.25, -0.2) is 9.78 Å². The Morgan fingerprint density at radius 3 is 2.73 bits per heavy atom. The molecule has 0 aliphatic rings. The highest BCUT2D eigenvalue weighted by Gasteiger charge is 2.30. The number of rotatable bonds is 7. The molecule has 0 radical (unpaired) electrons. The molecule has 0 bridgehead atoms. The fraction of sp³-hybridized carbons (Fsp3) is 0.444. The van der Waals surface area contributed by atoms with Crippen LogP contribution in [0, 0.1) is 0 Å². The molecule has 0 fully saturated rings. The number of hydrogen-bond donors (Lipinski definition) is 1. The third-order valence-corrected chi connectivity index (χ3v) is 3.94. The van der Waals surface area contributed by atoms with Gasteiger partial charge in [0.15, 0.2) is 0 Å². The number of amides is 2. The number of benzene rings is 1. The van der Waals surface area contributed by atoms with Crippen molar-refractivity contribution in [2.75, 3.05) is 13.1 Å². The van der Waals surface area contributed by atoms with Crippen molar-refractivity contribution in [3.8, 4) is 0 Å². The lowest BCUT2D eigenvalue weighted by molar-refractivity contribution is -0.137. The Kier molecular flexibility index (Phi) is 6.65. The van der Waals surface area contributed by atoms with E-state index in [4.69, 9.17) is 0 Å². The van der Waals surface area contributed by atoms with Crippen molar-refractivity contribution in [1.82, 2.24) is 19.8 Å². The number of urea groups is 1. The summed E-state index contributed by atoms with van der Waals surface area (Å²) in [5.41, 5.74) is -0.150. The normalized spacial score (nSPS) is 11.4. The minimum absolute atomic E-state index is 0.178. The molecule has 142 valence electrons. The highest BCUT2D eigenvalue weighted by atomic mass is 19.4. The Morgan fingerprint density at radius 2 is 2.08 bits per heavy atom. The maximum Gasteiger partial charge on any atom is 0.416 e. The summed E-state index contributed by atoms with van der Waals surface area (Å²) < 4.78 is 40.3. The van der Waals surface area contributed by atoms with E-state index < -0.39 is 11.7 Å². The zero-order valence-corrected chi connectivity index (χ0v) is 14.9. The van der Waals surface area contributed by atoms with Crippen molar-refractivity contribution in [3.63, 3.8) is 0 Å². The van der Waals surface area contributed by atoms with Gasteiger partial charge in [0.1, 0.15) is 5.82 Å². The molecule has 0 aliphatic carbocycles. The van der Waals surface area contributed by atoms with Gasteiger partial charge in [-0.2, -0.15) is 13.2 Å².